The number of rotatable bonds is 8. The predicted molar refractivity (Wildman–Crippen MR) is 92.6 cm³/mol. The molecule has 1 aromatic heterocycles. The van der Waals surface area contributed by atoms with Crippen LogP contribution in [0, 0.1) is 5.92 Å². The fourth-order valence-electron chi connectivity index (χ4n) is 2.06. The van der Waals surface area contributed by atoms with Gasteiger partial charge in [0, 0.05) is 41.6 Å². The Morgan fingerprint density at radius 3 is 2.83 bits per heavy atom. The van der Waals surface area contributed by atoms with Gasteiger partial charge in [-0.1, -0.05) is 31.5 Å². The van der Waals surface area contributed by atoms with Crippen molar-refractivity contribution in [3.63, 3.8) is 0 Å². The summed E-state index contributed by atoms with van der Waals surface area (Å²) < 4.78 is 5.88. The molecule has 0 bridgehead atoms. The average molecular weight is 335 g/mol. The lowest BCUT2D eigenvalue weighted by Gasteiger charge is -2.17. The summed E-state index contributed by atoms with van der Waals surface area (Å²) in [6.07, 6.45) is 3.16. The molecule has 0 saturated carbocycles. The first-order chi connectivity index (χ1) is 11.1. The number of hydrogen-bond donors (Lipinski definition) is 2. The van der Waals surface area contributed by atoms with Gasteiger partial charge in [0.15, 0.2) is 0 Å². The van der Waals surface area contributed by atoms with Crippen LogP contribution in [-0.4, -0.2) is 22.7 Å². The summed E-state index contributed by atoms with van der Waals surface area (Å²) in [5, 5.41) is 13.8. The third kappa shape index (κ3) is 5.82. The largest absolute Gasteiger partial charge is 0.489 e. The summed E-state index contributed by atoms with van der Waals surface area (Å²) >= 11 is 6.08. The van der Waals surface area contributed by atoms with E-state index in [-0.39, 0.29) is 12.0 Å². The summed E-state index contributed by atoms with van der Waals surface area (Å²) in [7, 11) is 0. The Hall–Kier alpha value is -1.62. The number of pyridine rings is 1. The number of aliphatic hydroxyl groups excluding tert-OH is 1. The minimum atomic E-state index is -0.367. The van der Waals surface area contributed by atoms with Crippen LogP contribution >= 0.6 is 11.6 Å². The lowest BCUT2D eigenvalue weighted by molar-refractivity contribution is 0.123. The summed E-state index contributed by atoms with van der Waals surface area (Å²) in [6.45, 7) is 5.57. The number of nitrogens with zero attached hydrogens (tertiary/aromatic N) is 1. The lowest BCUT2D eigenvalue weighted by atomic mass is 10.1. The van der Waals surface area contributed by atoms with E-state index >= 15 is 0 Å². The Bertz CT molecular complexity index is 605. The molecule has 1 heterocycles. The second kappa shape index (κ2) is 8.87. The van der Waals surface area contributed by atoms with Crippen LogP contribution in [0.4, 0.5) is 0 Å². The van der Waals surface area contributed by atoms with Crippen molar-refractivity contribution in [2.24, 2.45) is 5.92 Å². The van der Waals surface area contributed by atoms with Crippen LogP contribution in [-0.2, 0) is 13.2 Å². The Balaban J connectivity index is 1.96. The van der Waals surface area contributed by atoms with E-state index in [0.717, 1.165) is 16.9 Å². The molecule has 2 rings (SSSR count). The number of nitrogens with one attached hydrogen (secondary N) is 1. The van der Waals surface area contributed by atoms with Crippen molar-refractivity contribution < 1.29 is 9.84 Å². The zero-order valence-corrected chi connectivity index (χ0v) is 14.3. The van der Waals surface area contributed by atoms with Gasteiger partial charge in [-0.3, -0.25) is 4.98 Å². The standard InChI is InChI=1S/C18H23ClN2O2/c1-13(2)17(22)11-21-10-15-8-16(19)5-6-18(15)23-12-14-4-3-7-20-9-14/h3-9,13,17,21-22H,10-12H2,1-2H3. The molecule has 1 atom stereocenters. The summed E-state index contributed by atoms with van der Waals surface area (Å²) in [5.41, 5.74) is 1.98. The van der Waals surface area contributed by atoms with Gasteiger partial charge in [-0.15, -0.1) is 0 Å². The minimum Gasteiger partial charge on any atom is -0.489 e. The van der Waals surface area contributed by atoms with Gasteiger partial charge in [-0.2, -0.15) is 0 Å². The van der Waals surface area contributed by atoms with E-state index in [4.69, 9.17) is 16.3 Å². The molecule has 2 aromatic rings. The van der Waals surface area contributed by atoms with Crippen LogP contribution in [0.3, 0.4) is 0 Å². The molecular weight excluding hydrogens is 312 g/mol. The SMILES string of the molecule is CC(C)C(O)CNCc1cc(Cl)ccc1OCc1cccnc1. The molecule has 5 heteroatoms. The highest BCUT2D eigenvalue weighted by Crippen LogP contribution is 2.23. The van der Waals surface area contributed by atoms with E-state index in [9.17, 15) is 5.11 Å². The second-order valence-corrected chi connectivity index (χ2v) is 6.28. The molecule has 0 fully saturated rings. The Morgan fingerprint density at radius 1 is 1.30 bits per heavy atom. The van der Waals surface area contributed by atoms with E-state index in [1.54, 1.807) is 12.4 Å². The van der Waals surface area contributed by atoms with E-state index in [2.05, 4.69) is 10.3 Å². The number of aliphatic hydroxyl groups is 1. The first-order valence-electron chi connectivity index (χ1n) is 7.75. The fraction of sp³-hybridized carbons (Fsp3) is 0.389. The summed E-state index contributed by atoms with van der Waals surface area (Å²) in [5.74, 6) is 1.01. The quantitative estimate of drug-likeness (QED) is 0.776. The maximum atomic E-state index is 9.85. The molecule has 23 heavy (non-hydrogen) atoms. The predicted octanol–water partition coefficient (Wildman–Crippen LogP) is 3.42. The van der Waals surface area contributed by atoms with Crippen molar-refractivity contribution in [3.8, 4) is 5.75 Å². The molecule has 1 aromatic carbocycles. The van der Waals surface area contributed by atoms with Crippen LogP contribution < -0.4 is 10.1 Å². The normalized spacial score (nSPS) is 12.4. The maximum absolute atomic E-state index is 9.85. The molecule has 0 radical (unpaired) electrons. The average Bonchev–Trinajstić information content (AvgIpc) is 2.55. The minimum absolute atomic E-state index is 0.225. The van der Waals surface area contributed by atoms with E-state index < -0.39 is 0 Å². The second-order valence-electron chi connectivity index (χ2n) is 5.84. The zero-order chi connectivity index (χ0) is 16.7. The van der Waals surface area contributed by atoms with Crippen molar-refractivity contribution in [2.75, 3.05) is 6.54 Å². The van der Waals surface area contributed by atoms with Crippen LogP contribution in [0.2, 0.25) is 5.02 Å². The van der Waals surface area contributed by atoms with Crippen molar-refractivity contribution in [2.45, 2.75) is 33.1 Å². The molecular formula is C18H23ClN2O2. The molecule has 0 aliphatic rings. The van der Waals surface area contributed by atoms with E-state index in [0.29, 0.717) is 24.7 Å². The molecule has 0 spiro atoms. The van der Waals surface area contributed by atoms with Gasteiger partial charge in [0.25, 0.3) is 0 Å². The van der Waals surface area contributed by atoms with Gasteiger partial charge in [0.05, 0.1) is 6.10 Å². The smallest absolute Gasteiger partial charge is 0.124 e. The van der Waals surface area contributed by atoms with Crippen molar-refractivity contribution in [3.05, 3.63) is 58.9 Å². The number of ether oxygens (including phenoxy) is 1. The number of aromatic nitrogens is 1. The topological polar surface area (TPSA) is 54.4 Å². The monoisotopic (exact) mass is 334 g/mol. The lowest BCUT2D eigenvalue weighted by Crippen LogP contribution is -2.30. The van der Waals surface area contributed by atoms with Crippen LogP contribution in [0.15, 0.2) is 42.7 Å². The molecule has 2 N–H and O–H groups in total. The summed E-state index contributed by atoms with van der Waals surface area (Å²) in [4.78, 5) is 4.08. The van der Waals surface area contributed by atoms with Crippen LogP contribution in [0.1, 0.15) is 25.0 Å². The highest BCUT2D eigenvalue weighted by molar-refractivity contribution is 6.30. The molecule has 4 nitrogen and oxygen atoms in total. The Morgan fingerprint density at radius 2 is 2.13 bits per heavy atom. The maximum Gasteiger partial charge on any atom is 0.124 e. The summed E-state index contributed by atoms with van der Waals surface area (Å²) in [6, 6.07) is 9.42. The van der Waals surface area contributed by atoms with Gasteiger partial charge in [-0.05, 0) is 30.2 Å². The van der Waals surface area contributed by atoms with Crippen molar-refractivity contribution in [1.29, 1.82) is 0 Å². The van der Waals surface area contributed by atoms with Gasteiger partial charge < -0.3 is 15.2 Å². The number of hydrogen-bond acceptors (Lipinski definition) is 4. The van der Waals surface area contributed by atoms with Gasteiger partial charge in [0.1, 0.15) is 12.4 Å². The molecule has 0 saturated heterocycles. The van der Waals surface area contributed by atoms with E-state index in [1.807, 2.05) is 44.2 Å². The van der Waals surface area contributed by atoms with Crippen molar-refractivity contribution in [1.82, 2.24) is 10.3 Å². The Kier molecular flexibility index (Phi) is 6.84. The highest BCUT2D eigenvalue weighted by Gasteiger charge is 2.10. The van der Waals surface area contributed by atoms with Crippen molar-refractivity contribution >= 4 is 11.6 Å². The zero-order valence-electron chi connectivity index (χ0n) is 13.5. The van der Waals surface area contributed by atoms with Crippen LogP contribution in [0.25, 0.3) is 0 Å². The number of benzene rings is 1. The van der Waals surface area contributed by atoms with Crippen LogP contribution in [0.5, 0.6) is 5.75 Å². The van der Waals surface area contributed by atoms with E-state index in [1.165, 1.54) is 0 Å². The third-order valence-corrected chi connectivity index (χ3v) is 3.81. The molecule has 0 amide bonds. The van der Waals surface area contributed by atoms with Gasteiger partial charge >= 0.3 is 0 Å². The third-order valence-electron chi connectivity index (χ3n) is 3.58. The highest BCUT2D eigenvalue weighted by atomic mass is 35.5. The first-order valence-corrected chi connectivity index (χ1v) is 8.13. The van der Waals surface area contributed by atoms with Gasteiger partial charge in [0.2, 0.25) is 0 Å². The van der Waals surface area contributed by atoms with Gasteiger partial charge in [-0.25, -0.2) is 0 Å². The molecule has 0 aliphatic heterocycles. The first kappa shape index (κ1) is 17.7. The molecule has 124 valence electrons. The Labute approximate surface area is 142 Å². The molecule has 1 unspecified atom stereocenters. The number of halogens is 1. The molecule has 0 aliphatic carbocycles. The fourth-order valence-corrected chi connectivity index (χ4v) is 2.26.